The van der Waals surface area contributed by atoms with E-state index in [9.17, 15) is 4.79 Å². The smallest absolute Gasteiger partial charge is 0.231 e. The van der Waals surface area contributed by atoms with Gasteiger partial charge < -0.3 is 15.5 Å². The highest BCUT2D eigenvalue weighted by Gasteiger charge is 2.13. The molecule has 0 fully saturated rings. The van der Waals surface area contributed by atoms with E-state index in [1.54, 1.807) is 0 Å². The van der Waals surface area contributed by atoms with Crippen LogP contribution >= 0.6 is 0 Å². The van der Waals surface area contributed by atoms with E-state index >= 15 is 0 Å². The van der Waals surface area contributed by atoms with Crippen LogP contribution in [0.15, 0.2) is 28.7 Å². The molecule has 0 aliphatic rings. The van der Waals surface area contributed by atoms with Crippen molar-refractivity contribution in [3.8, 4) is 0 Å². The molecule has 2 aromatic rings. The zero-order valence-electron chi connectivity index (χ0n) is 11.2. The van der Waals surface area contributed by atoms with Gasteiger partial charge >= 0.3 is 0 Å². The van der Waals surface area contributed by atoms with Gasteiger partial charge in [0.05, 0.1) is 6.54 Å². The molecule has 3 N–H and O–H groups in total. The number of nitrogens with one attached hydrogen (secondary N) is 1. The Morgan fingerprint density at radius 3 is 2.89 bits per heavy atom. The third kappa shape index (κ3) is 3.35. The number of primary amides is 1. The molecular weight excluding hydrogens is 240 g/mol. The maximum Gasteiger partial charge on any atom is 0.231 e. The molecule has 0 saturated carbocycles. The molecule has 0 spiro atoms. The number of para-hydroxylation sites is 1. The molecule has 1 aromatic carbocycles. The molecule has 1 aromatic heterocycles. The lowest BCUT2D eigenvalue weighted by Gasteiger charge is -2.04. The van der Waals surface area contributed by atoms with Crippen molar-refractivity contribution in [1.82, 2.24) is 5.32 Å². The van der Waals surface area contributed by atoms with Crippen molar-refractivity contribution in [2.45, 2.75) is 32.7 Å². The number of fused-ring (bicyclic) bond motifs is 1. The van der Waals surface area contributed by atoms with Crippen molar-refractivity contribution in [3.05, 3.63) is 35.6 Å². The van der Waals surface area contributed by atoms with E-state index < -0.39 is 0 Å². The Hall–Kier alpha value is -1.81. The van der Waals surface area contributed by atoms with Crippen LogP contribution in [0.5, 0.6) is 0 Å². The Morgan fingerprint density at radius 1 is 1.37 bits per heavy atom. The molecule has 0 aliphatic heterocycles. The fourth-order valence-corrected chi connectivity index (χ4v) is 2.19. The minimum absolute atomic E-state index is 0.187. The highest BCUT2D eigenvalue weighted by atomic mass is 16.3. The number of benzene rings is 1. The Kier molecular flexibility index (Phi) is 4.58. The summed E-state index contributed by atoms with van der Waals surface area (Å²) in [6, 6.07) is 7.99. The molecule has 19 heavy (non-hydrogen) atoms. The molecule has 102 valence electrons. The second-order valence-corrected chi connectivity index (χ2v) is 4.67. The third-order valence-electron chi connectivity index (χ3n) is 3.14. The SMILES string of the molecule is CCCCc1oc2ccccc2c1CNCC(N)=O. The van der Waals surface area contributed by atoms with Crippen molar-refractivity contribution in [2.75, 3.05) is 6.54 Å². The summed E-state index contributed by atoms with van der Waals surface area (Å²) in [5, 5.41) is 4.18. The first-order chi connectivity index (χ1) is 9.22. The Balaban J connectivity index is 2.23. The van der Waals surface area contributed by atoms with Crippen molar-refractivity contribution in [2.24, 2.45) is 5.73 Å². The number of hydrogen-bond acceptors (Lipinski definition) is 3. The van der Waals surface area contributed by atoms with Crippen molar-refractivity contribution in [1.29, 1.82) is 0 Å². The van der Waals surface area contributed by atoms with E-state index in [1.807, 2.05) is 18.2 Å². The van der Waals surface area contributed by atoms with Gasteiger partial charge in [-0.1, -0.05) is 31.5 Å². The lowest BCUT2D eigenvalue weighted by molar-refractivity contribution is -0.117. The molecule has 0 radical (unpaired) electrons. The summed E-state index contributed by atoms with van der Waals surface area (Å²) in [6.07, 6.45) is 3.16. The monoisotopic (exact) mass is 260 g/mol. The van der Waals surface area contributed by atoms with Gasteiger partial charge in [0.2, 0.25) is 5.91 Å². The number of amides is 1. The van der Waals surface area contributed by atoms with Gasteiger partial charge in [-0.3, -0.25) is 4.79 Å². The molecular formula is C15H20N2O2. The lowest BCUT2D eigenvalue weighted by atomic mass is 10.1. The maximum absolute atomic E-state index is 10.8. The second kappa shape index (κ2) is 6.38. The van der Waals surface area contributed by atoms with Gasteiger partial charge in [-0.05, 0) is 12.5 Å². The molecule has 0 saturated heterocycles. The van der Waals surface area contributed by atoms with Gasteiger partial charge in [0, 0.05) is 23.9 Å². The summed E-state index contributed by atoms with van der Waals surface area (Å²) in [5.41, 5.74) is 7.19. The maximum atomic E-state index is 10.8. The number of unbranched alkanes of at least 4 members (excludes halogenated alkanes) is 1. The number of nitrogens with two attached hydrogens (primary N) is 1. The summed E-state index contributed by atoms with van der Waals surface area (Å²) < 4.78 is 5.90. The fourth-order valence-electron chi connectivity index (χ4n) is 2.19. The molecule has 1 amide bonds. The first-order valence-electron chi connectivity index (χ1n) is 6.70. The summed E-state index contributed by atoms with van der Waals surface area (Å²) in [4.78, 5) is 10.8. The van der Waals surface area contributed by atoms with Crippen LogP contribution in [-0.2, 0) is 17.8 Å². The van der Waals surface area contributed by atoms with Crippen LogP contribution in [0, 0.1) is 0 Å². The van der Waals surface area contributed by atoms with Gasteiger partial charge in [0.15, 0.2) is 0 Å². The number of aryl methyl sites for hydroxylation is 1. The Morgan fingerprint density at radius 2 is 2.16 bits per heavy atom. The summed E-state index contributed by atoms with van der Waals surface area (Å²) in [5.74, 6) is 0.669. The number of carbonyl (C=O) groups is 1. The van der Waals surface area contributed by atoms with Gasteiger partial charge in [-0.25, -0.2) is 0 Å². The lowest BCUT2D eigenvalue weighted by Crippen LogP contribution is -2.28. The Labute approximate surface area is 113 Å². The van der Waals surface area contributed by atoms with E-state index in [-0.39, 0.29) is 12.5 Å². The van der Waals surface area contributed by atoms with E-state index in [0.29, 0.717) is 6.54 Å². The van der Waals surface area contributed by atoms with Crippen LogP contribution in [0.25, 0.3) is 11.0 Å². The first kappa shape index (κ1) is 13.6. The molecule has 0 unspecified atom stereocenters. The Bertz CT molecular complexity index is 560. The molecule has 0 atom stereocenters. The zero-order valence-corrected chi connectivity index (χ0v) is 11.2. The normalized spacial score (nSPS) is 11.0. The standard InChI is InChI=1S/C15H20N2O2/c1-2-3-7-14-12(9-17-10-15(16)18)11-6-4-5-8-13(11)19-14/h4-6,8,17H,2-3,7,9-10H2,1H3,(H2,16,18). The topological polar surface area (TPSA) is 68.3 Å². The summed E-state index contributed by atoms with van der Waals surface area (Å²) >= 11 is 0. The molecule has 1 heterocycles. The number of hydrogen-bond donors (Lipinski definition) is 2. The zero-order chi connectivity index (χ0) is 13.7. The number of furan rings is 1. The van der Waals surface area contributed by atoms with Crippen LogP contribution in [0.4, 0.5) is 0 Å². The summed E-state index contributed by atoms with van der Waals surface area (Å²) in [7, 11) is 0. The van der Waals surface area contributed by atoms with Gasteiger partial charge in [-0.2, -0.15) is 0 Å². The highest BCUT2D eigenvalue weighted by molar-refractivity contribution is 5.82. The van der Waals surface area contributed by atoms with E-state index in [0.717, 1.165) is 41.6 Å². The number of rotatable bonds is 7. The van der Waals surface area contributed by atoms with Crippen LogP contribution < -0.4 is 11.1 Å². The van der Waals surface area contributed by atoms with Gasteiger partial charge in [0.25, 0.3) is 0 Å². The fraction of sp³-hybridized carbons (Fsp3) is 0.400. The van der Waals surface area contributed by atoms with Crippen LogP contribution in [0.3, 0.4) is 0 Å². The minimum atomic E-state index is -0.345. The third-order valence-corrected chi connectivity index (χ3v) is 3.14. The second-order valence-electron chi connectivity index (χ2n) is 4.67. The van der Waals surface area contributed by atoms with Crippen LogP contribution in [0.1, 0.15) is 31.1 Å². The van der Waals surface area contributed by atoms with Gasteiger partial charge in [-0.15, -0.1) is 0 Å². The quantitative estimate of drug-likeness (QED) is 0.803. The number of carbonyl (C=O) groups excluding carboxylic acids is 1. The highest BCUT2D eigenvalue weighted by Crippen LogP contribution is 2.26. The average Bonchev–Trinajstić information content (AvgIpc) is 2.74. The first-order valence-corrected chi connectivity index (χ1v) is 6.70. The van der Waals surface area contributed by atoms with E-state index in [2.05, 4.69) is 18.3 Å². The van der Waals surface area contributed by atoms with Gasteiger partial charge in [0.1, 0.15) is 11.3 Å². The van der Waals surface area contributed by atoms with Crippen LogP contribution in [-0.4, -0.2) is 12.5 Å². The molecule has 2 rings (SSSR count). The molecule has 0 aliphatic carbocycles. The summed E-state index contributed by atoms with van der Waals surface area (Å²) in [6.45, 7) is 2.96. The van der Waals surface area contributed by atoms with E-state index in [1.165, 1.54) is 0 Å². The van der Waals surface area contributed by atoms with Crippen molar-refractivity contribution < 1.29 is 9.21 Å². The average molecular weight is 260 g/mol. The van der Waals surface area contributed by atoms with Crippen molar-refractivity contribution in [3.63, 3.8) is 0 Å². The molecule has 4 nitrogen and oxygen atoms in total. The predicted octanol–water partition coefficient (Wildman–Crippen LogP) is 2.35. The predicted molar refractivity (Wildman–Crippen MR) is 75.7 cm³/mol. The van der Waals surface area contributed by atoms with Crippen molar-refractivity contribution >= 4 is 16.9 Å². The molecule has 0 bridgehead atoms. The molecule has 4 heteroatoms. The largest absolute Gasteiger partial charge is 0.461 e. The van der Waals surface area contributed by atoms with E-state index in [4.69, 9.17) is 10.2 Å². The van der Waals surface area contributed by atoms with Crippen LogP contribution in [0.2, 0.25) is 0 Å². The minimum Gasteiger partial charge on any atom is -0.461 e.